The van der Waals surface area contributed by atoms with Crippen LogP contribution in [0.25, 0.3) is 0 Å². The van der Waals surface area contributed by atoms with Crippen molar-refractivity contribution < 1.29 is 4.79 Å². The van der Waals surface area contributed by atoms with Crippen LogP contribution in [-0.2, 0) is 6.42 Å². The number of nitrogens with one attached hydrogen (secondary N) is 1. The van der Waals surface area contributed by atoms with Gasteiger partial charge in [-0.05, 0) is 66.9 Å². The first kappa shape index (κ1) is 18.0. The SMILES string of the molecule is CN(C)C(CNC(=O)N(C)[C@H]1CCCc2ccccc21)c1ccsc1. The van der Waals surface area contributed by atoms with Gasteiger partial charge in [0.1, 0.15) is 0 Å². The molecular weight excluding hydrogens is 330 g/mol. The maximum absolute atomic E-state index is 12.7. The fourth-order valence-corrected chi connectivity index (χ4v) is 4.35. The first-order chi connectivity index (χ1) is 12.1. The summed E-state index contributed by atoms with van der Waals surface area (Å²) >= 11 is 1.69. The number of nitrogens with zero attached hydrogens (tertiary/aromatic N) is 2. The zero-order valence-corrected chi connectivity index (χ0v) is 16.1. The van der Waals surface area contributed by atoms with E-state index in [9.17, 15) is 4.79 Å². The van der Waals surface area contributed by atoms with Crippen molar-refractivity contribution in [3.05, 3.63) is 57.8 Å². The lowest BCUT2D eigenvalue weighted by molar-refractivity contribution is 0.179. The van der Waals surface area contributed by atoms with Gasteiger partial charge in [-0.15, -0.1) is 0 Å². The lowest BCUT2D eigenvalue weighted by atomic mass is 9.87. The van der Waals surface area contributed by atoms with E-state index in [4.69, 9.17) is 0 Å². The van der Waals surface area contributed by atoms with E-state index in [-0.39, 0.29) is 18.1 Å². The average molecular weight is 358 g/mol. The minimum absolute atomic E-state index is 0.00350. The van der Waals surface area contributed by atoms with Crippen molar-refractivity contribution in [2.45, 2.75) is 31.3 Å². The zero-order valence-electron chi connectivity index (χ0n) is 15.2. The number of aryl methyl sites for hydroxylation is 1. The maximum atomic E-state index is 12.7. The number of likely N-dealkylation sites (N-methyl/N-ethyl adjacent to an activating group) is 1. The van der Waals surface area contributed by atoms with E-state index in [1.165, 1.54) is 16.7 Å². The molecule has 1 unspecified atom stereocenters. The Hall–Kier alpha value is -1.85. The molecule has 1 heterocycles. The molecule has 0 saturated heterocycles. The van der Waals surface area contributed by atoms with Crippen LogP contribution >= 0.6 is 11.3 Å². The van der Waals surface area contributed by atoms with Gasteiger partial charge in [-0.2, -0.15) is 11.3 Å². The number of carbonyl (C=O) groups is 1. The molecule has 0 aliphatic heterocycles. The van der Waals surface area contributed by atoms with Gasteiger partial charge < -0.3 is 15.1 Å². The highest BCUT2D eigenvalue weighted by molar-refractivity contribution is 7.07. The Morgan fingerprint density at radius 1 is 1.28 bits per heavy atom. The molecular formula is C20H27N3OS. The smallest absolute Gasteiger partial charge is 0.317 e. The minimum atomic E-state index is 0.00350. The van der Waals surface area contributed by atoms with Gasteiger partial charge >= 0.3 is 6.03 Å². The van der Waals surface area contributed by atoms with E-state index in [0.717, 1.165) is 19.3 Å². The predicted octanol–water partition coefficient (Wildman–Crippen LogP) is 4.07. The van der Waals surface area contributed by atoms with Crippen LogP contribution in [-0.4, -0.2) is 43.5 Å². The molecule has 3 rings (SSSR count). The van der Waals surface area contributed by atoms with E-state index in [1.54, 1.807) is 11.3 Å². The highest BCUT2D eigenvalue weighted by Gasteiger charge is 2.27. The summed E-state index contributed by atoms with van der Waals surface area (Å²) in [7, 11) is 6.02. The highest BCUT2D eigenvalue weighted by Crippen LogP contribution is 2.33. The predicted molar refractivity (Wildman–Crippen MR) is 104 cm³/mol. The van der Waals surface area contributed by atoms with Crippen molar-refractivity contribution >= 4 is 17.4 Å². The van der Waals surface area contributed by atoms with Crippen LogP contribution in [0.2, 0.25) is 0 Å². The normalized spacial score (nSPS) is 17.8. The fourth-order valence-electron chi connectivity index (χ4n) is 3.64. The van der Waals surface area contributed by atoms with E-state index >= 15 is 0 Å². The van der Waals surface area contributed by atoms with Gasteiger partial charge in [0, 0.05) is 13.6 Å². The Bertz CT molecular complexity index is 699. The third-order valence-electron chi connectivity index (χ3n) is 5.12. The number of rotatable bonds is 5. The Kier molecular flexibility index (Phi) is 5.76. The number of amides is 2. The number of hydrogen-bond donors (Lipinski definition) is 1. The molecule has 25 heavy (non-hydrogen) atoms. The highest BCUT2D eigenvalue weighted by atomic mass is 32.1. The second-order valence-corrected chi connectivity index (χ2v) is 7.72. The Morgan fingerprint density at radius 2 is 2.08 bits per heavy atom. The summed E-state index contributed by atoms with van der Waals surface area (Å²) < 4.78 is 0. The van der Waals surface area contributed by atoms with Crippen LogP contribution in [0, 0.1) is 0 Å². The number of thiophene rings is 1. The lowest BCUT2D eigenvalue weighted by Crippen LogP contribution is -2.43. The first-order valence-electron chi connectivity index (χ1n) is 8.85. The van der Waals surface area contributed by atoms with Crippen LogP contribution in [0.1, 0.15) is 41.6 Å². The second kappa shape index (κ2) is 8.02. The molecule has 1 aliphatic rings. The molecule has 134 valence electrons. The Balaban J connectivity index is 1.65. The van der Waals surface area contributed by atoms with Crippen molar-refractivity contribution in [2.24, 2.45) is 0 Å². The largest absolute Gasteiger partial charge is 0.336 e. The fraction of sp³-hybridized carbons (Fsp3) is 0.450. The summed E-state index contributed by atoms with van der Waals surface area (Å²) in [6, 6.07) is 11.0. The van der Waals surface area contributed by atoms with Gasteiger partial charge in [-0.25, -0.2) is 4.79 Å². The molecule has 1 aromatic heterocycles. The molecule has 2 amide bonds. The van der Waals surface area contributed by atoms with Crippen molar-refractivity contribution in [3.8, 4) is 0 Å². The lowest BCUT2D eigenvalue weighted by Gasteiger charge is -2.34. The number of carbonyl (C=O) groups excluding carboxylic acids is 1. The summed E-state index contributed by atoms with van der Waals surface area (Å²) in [5, 5.41) is 7.36. The number of fused-ring (bicyclic) bond motifs is 1. The quantitative estimate of drug-likeness (QED) is 0.875. The topological polar surface area (TPSA) is 35.6 Å². The summed E-state index contributed by atoms with van der Waals surface area (Å²) in [5.74, 6) is 0. The van der Waals surface area contributed by atoms with Crippen molar-refractivity contribution in [3.63, 3.8) is 0 Å². The molecule has 1 aliphatic carbocycles. The third kappa shape index (κ3) is 4.05. The van der Waals surface area contributed by atoms with Crippen LogP contribution < -0.4 is 5.32 Å². The molecule has 1 aromatic carbocycles. The third-order valence-corrected chi connectivity index (χ3v) is 5.83. The maximum Gasteiger partial charge on any atom is 0.317 e. The van der Waals surface area contributed by atoms with Crippen LogP contribution in [0.3, 0.4) is 0 Å². The van der Waals surface area contributed by atoms with Gasteiger partial charge in [-0.1, -0.05) is 24.3 Å². The molecule has 1 N–H and O–H groups in total. The molecule has 0 fully saturated rings. The molecule has 5 heteroatoms. The van der Waals surface area contributed by atoms with Crippen molar-refractivity contribution in [1.82, 2.24) is 15.1 Å². The van der Waals surface area contributed by atoms with Crippen molar-refractivity contribution in [2.75, 3.05) is 27.7 Å². The Morgan fingerprint density at radius 3 is 2.80 bits per heavy atom. The van der Waals surface area contributed by atoms with E-state index < -0.39 is 0 Å². The molecule has 4 nitrogen and oxygen atoms in total. The van der Waals surface area contributed by atoms with Crippen LogP contribution in [0.4, 0.5) is 4.79 Å². The van der Waals surface area contributed by atoms with Gasteiger partial charge in [0.2, 0.25) is 0 Å². The number of urea groups is 1. The van der Waals surface area contributed by atoms with Crippen LogP contribution in [0.15, 0.2) is 41.1 Å². The summed E-state index contributed by atoms with van der Waals surface area (Å²) in [4.78, 5) is 16.8. The van der Waals surface area contributed by atoms with E-state index in [1.807, 2.05) is 11.9 Å². The summed E-state index contributed by atoms with van der Waals surface area (Å²) in [6.07, 6.45) is 3.28. The molecule has 2 atom stereocenters. The monoisotopic (exact) mass is 357 g/mol. The molecule has 0 spiro atoms. The summed E-state index contributed by atoms with van der Waals surface area (Å²) in [5.41, 5.74) is 3.93. The average Bonchev–Trinajstić information content (AvgIpc) is 3.14. The van der Waals surface area contributed by atoms with Gasteiger partial charge in [0.25, 0.3) is 0 Å². The Labute approximate surface area is 154 Å². The first-order valence-corrected chi connectivity index (χ1v) is 9.79. The van der Waals surface area contributed by atoms with Gasteiger partial charge in [0.15, 0.2) is 0 Å². The molecule has 2 aromatic rings. The zero-order chi connectivity index (χ0) is 17.8. The second-order valence-electron chi connectivity index (χ2n) is 6.94. The molecule has 0 saturated carbocycles. The standard InChI is InChI=1S/C20H27N3OS/c1-22(2)19(16-11-12-25-14-16)13-21-20(24)23(3)18-10-6-8-15-7-4-5-9-17(15)18/h4-5,7,9,11-12,14,18-19H,6,8,10,13H2,1-3H3,(H,21,24)/t18-,19?/m0/s1. The number of hydrogen-bond acceptors (Lipinski definition) is 3. The summed E-state index contributed by atoms with van der Waals surface area (Å²) in [6.45, 7) is 0.612. The van der Waals surface area contributed by atoms with Crippen molar-refractivity contribution in [1.29, 1.82) is 0 Å². The van der Waals surface area contributed by atoms with Crippen LogP contribution in [0.5, 0.6) is 0 Å². The molecule has 0 bridgehead atoms. The van der Waals surface area contributed by atoms with E-state index in [2.05, 4.69) is 65.4 Å². The van der Waals surface area contributed by atoms with E-state index in [0.29, 0.717) is 6.54 Å². The molecule has 0 radical (unpaired) electrons. The van der Waals surface area contributed by atoms with Gasteiger partial charge in [0.05, 0.1) is 12.1 Å². The van der Waals surface area contributed by atoms with Gasteiger partial charge in [-0.3, -0.25) is 0 Å². The minimum Gasteiger partial charge on any atom is -0.336 e. The number of benzene rings is 1.